The average Bonchev–Trinajstić information content (AvgIpc) is 3.14. The van der Waals surface area contributed by atoms with Crippen LogP contribution in [0.5, 0.6) is 11.5 Å². The number of carbonyl (C=O) groups is 1. The van der Waals surface area contributed by atoms with E-state index in [1.54, 1.807) is 19.4 Å². The summed E-state index contributed by atoms with van der Waals surface area (Å²) in [4.78, 5) is 28.0. The molecule has 0 aliphatic rings. The summed E-state index contributed by atoms with van der Waals surface area (Å²) in [5, 5.41) is 19.3. The molecule has 0 aliphatic carbocycles. The van der Waals surface area contributed by atoms with Gasteiger partial charge in [0.2, 0.25) is 5.91 Å². The lowest BCUT2D eigenvalue weighted by molar-refractivity contribution is -0.384. The molecule has 2 aromatic carbocycles. The highest BCUT2D eigenvalue weighted by atomic mass is 16.6. The van der Waals surface area contributed by atoms with E-state index in [4.69, 9.17) is 9.47 Å². The van der Waals surface area contributed by atoms with Crippen molar-refractivity contribution >= 4 is 28.3 Å². The normalized spacial score (nSPS) is 10.8. The zero-order chi connectivity index (χ0) is 23.5. The van der Waals surface area contributed by atoms with E-state index in [-0.39, 0.29) is 17.9 Å². The molecular weight excluding hydrogens is 426 g/mol. The number of rotatable bonds is 7. The third-order valence-electron chi connectivity index (χ3n) is 5.18. The molecule has 10 heteroatoms. The number of aryl methyl sites for hydroxylation is 1. The number of nitrogens with one attached hydrogen (secondary N) is 1. The van der Waals surface area contributed by atoms with Crippen LogP contribution >= 0.6 is 0 Å². The fourth-order valence-corrected chi connectivity index (χ4v) is 3.62. The summed E-state index contributed by atoms with van der Waals surface area (Å²) in [6.07, 6.45) is 1.66. The molecule has 2 heterocycles. The Morgan fingerprint density at radius 1 is 1.09 bits per heavy atom. The molecule has 2 aromatic heterocycles. The van der Waals surface area contributed by atoms with E-state index >= 15 is 0 Å². The van der Waals surface area contributed by atoms with Crippen LogP contribution in [-0.4, -0.2) is 39.8 Å². The van der Waals surface area contributed by atoms with E-state index in [9.17, 15) is 14.9 Å². The largest absolute Gasteiger partial charge is 0.497 e. The van der Waals surface area contributed by atoms with Gasteiger partial charge in [0.25, 0.3) is 5.69 Å². The van der Waals surface area contributed by atoms with E-state index in [0.29, 0.717) is 17.1 Å². The predicted octanol–water partition coefficient (Wildman–Crippen LogP) is 3.97. The van der Waals surface area contributed by atoms with E-state index in [1.165, 1.54) is 23.9 Å². The molecule has 0 bridgehead atoms. The van der Waals surface area contributed by atoms with E-state index in [0.717, 1.165) is 22.3 Å². The topological polar surface area (TPSA) is 121 Å². The second kappa shape index (κ2) is 8.95. The number of ether oxygens (including phenoxy) is 2. The summed E-state index contributed by atoms with van der Waals surface area (Å²) in [7, 11) is 3.02. The summed E-state index contributed by atoms with van der Waals surface area (Å²) in [5.74, 6) is 0.605. The quantitative estimate of drug-likeness (QED) is 0.336. The Balaban J connectivity index is 1.64. The van der Waals surface area contributed by atoms with Gasteiger partial charge in [-0.1, -0.05) is 12.1 Å². The smallest absolute Gasteiger partial charge is 0.296 e. The molecule has 0 aliphatic heterocycles. The molecule has 0 spiro atoms. The minimum Gasteiger partial charge on any atom is -0.497 e. The first kappa shape index (κ1) is 21.8. The van der Waals surface area contributed by atoms with Crippen molar-refractivity contribution in [3.8, 4) is 22.6 Å². The van der Waals surface area contributed by atoms with Crippen molar-refractivity contribution in [1.29, 1.82) is 0 Å². The molecule has 1 N–H and O–H groups in total. The van der Waals surface area contributed by atoms with E-state index < -0.39 is 10.8 Å². The van der Waals surface area contributed by atoms with Crippen molar-refractivity contribution in [3.63, 3.8) is 0 Å². The molecule has 1 amide bonds. The van der Waals surface area contributed by atoms with Crippen LogP contribution in [0.4, 0.5) is 11.4 Å². The van der Waals surface area contributed by atoms with Crippen LogP contribution in [0.15, 0.2) is 54.7 Å². The van der Waals surface area contributed by atoms with Gasteiger partial charge in [-0.05, 0) is 48.4 Å². The van der Waals surface area contributed by atoms with Crippen LogP contribution in [0.3, 0.4) is 0 Å². The summed E-state index contributed by atoms with van der Waals surface area (Å²) < 4.78 is 11.7. The summed E-state index contributed by atoms with van der Waals surface area (Å²) >= 11 is 0. The molecule has 0 radical (unpaired) electrons. The number of hydrogen-bond acceptors (Lipinski definition) is 7. The maximum Gasteiger partial charge on any atom is 0.296 e. The lowest BCUT2D eigenvalue weighted by Crippen LogP contribution is -2.20. The minimum absolute atomic E-state index is 0.0749. The Morgan fingerprint density at radius 2 is 1.79 bits per heavy atom. The van der Waals surface area contributed by atoms with E-state index in [2.05, 4.69) is 15.4 Å². The number of anilines is 1. The summed E-state index contributed by atoms with van der Waals surface area (Å²) in [5.41, 5.74) is 2.96. The van der Waals surface area contributed by atoms with Gasteiger partial charge in [0.1, 0.15) is 23.7 Å². The van der Waals surface area contributed by atoms with Crippen molar-refractivity contribution in [2.45, 2.75) is 13.5 Å². The Hall–Kier alpha value is -4.47. The number of amides is 1. The standard InChI is InChI=1S/C23H21N5O5/c1-14-22-18(15-4-6-16(32-2)7-5-15)10-11-24-23(22)27(26-14)13-21(29)25-19-9-8-17(33-3)12-20(19)28(30)31/h4-12H,13H2,1-3H3,(H,25,29). The highest BCUT2D eigenvalue weighted by molar-refractivity contribution is 5.97. The molecule has 0 unspecified atom stereocenters. The third-order valence-corrected chi connectivity index (χ3v) is 5.18. The van der Waals surface area contributed by atoms with Crippen LogP contribution in [0, 0.1) is 17.0 Å². The first-order valence-electron chi connectivity index (χ1n) is 10.00. The maximum atomic E-state index is 12.7. The molecule has 168 valence electrons. The van der Waals surface area contributed by atoms with Crippen LogP contribution in [0.1, 0.15) is 5.69 Å². The van der Waals surface area contributed by atoms with Gasteiger partial charge >= 0.3 is 0 Å². The Labute approximate surface area is 188 Å². The van der Waals surface area contributed by atoms with Crippen molar-refractivity contribution in [2.24, 2.45) is 0 Å². The number of fused-ring (bicyclic) bond motifs is 1. The molecule has 4 rings (SSSR count). The van der Waals surface area contributed by atoms with Crippen LogP contribution in [-0.2, 0) is 11.3 Å². The molecule has 0 saturated heterocycles. The average molecular weight is 447 g/mol. The highest BCUT2D eigenvalue weighted by Gasteiger charge is 2.20. The first-order chi connectivity index (χ1) is 15.9. The molecule has 10 nitrogen and oxygen atoms in total. The Bertz CT molecular complexity index is 1350. The number of nitro groups is 1. The van der Waals surface area contributed by atoms with E-state index in [1.807, 2.05) is 37.3 Å². The molecule has 0 saturated carbocycles. The zero-order valence-corrected chi connectivity index (χ0v) is 18.2. The van der Waals surface area contributed by atoms with Crippen LogP contribution < -0.4 is 14.8 Å². The zero-order valence-electron chi connectivity index (χ0n) is 18.2. The van der Waals surface area contributed by atoms with Crippen LogP contribution in [0.25, 0.3) is 22.2 Å². The van der Waals surface area contributed by atoms with Gasteiger partial charge in [-0.25, -0.2) is 9.67 Å². The van der Waals surface area contributed by atoms with Gasteiger partial charge in [-0.3, -0.25) is 14.9 Å². The molecule has 33 heavy (non-hydrogen) atoms. The van der Waals surface area contributed by atoms with Gasteiger partial charge in [-0.2, -0.15) is 5.10 Å². The maximum absolute atomic E-state index is 12.7. The van der Waals surface area contributed by atoms with Gasteiger partial charge < -0.3 is 14.8 Å². The third kappa shape index (κ3) is 4.31. The number of benzene rings is 2. The summed E-state index contributed by atoms with van der Waals surface area (Å²) in [6.45, 7) is 1.69. The highest BCUT2D eigenvalue weighted by Crippen LogP contribution is 2.31. The SMILES string of the molecule is COc1ccc(-c2ccnc3c2c(C)nn3CC(=O)Nc2ccc(OC)cc2[N+](=O)[O-])cc1. The van der Waals surface area contributed by atoms with Crippen LogP contribution in [0.2, 0.25) is 0 Å². The second-order valence-corrected chi connectivity index (χ2v) is 7.22. The van der Waals surface area contributed by atoms with Crippen molar-refractivity contribution in [3.05, 3.63) is 70.5 Å². The van der Waals surface area contributed by atoms with Gasteiger partial charge in [0.15, 0.2) is 5.65 Å². The Kier molecular flexibility index (Phi) is 5.90. The monoisotopic (exact) mass is 447 g/mol. The number of methoxy groups -OCH3 is 2. The number of nitrogens with zero attached hydrogens (tertiary/aromatic N) is 4. The molecule has 4 aromatic rings. The fraction of sp³-hybridized carbons (Fsp3) is 0.174. The van der Waals surface area contributed by atoms with Gasteiger partial charge in [-0.15, -0.1) is 0 Å². The molecule has 0 fully saturated rings. The summed E-state index contributed by atoms with van der Waals surface area (Å²) in [6, 6.07) is 13.8. The minimum atomic E-state index is -0.575. The lowest BCUT2D eigenvalue weighted by Gasteiger charge is -2.08. The van der Waals surface area contributed by atoms with Gasteiger partial charge in [0.05, 0.1) is 30.9 Å². The fourth-order valence-electron chi connectivity index (χ4n) is 3.62. The van der Waals surface area contributed by atoms with Crippen molar-refractivity contribution in [1.82, 2.24) is 14.8 Å². The van der Waals surface area contributed by atoms with Gasteiger partial charge in [0, 0.05) is 11.6 Å². The second-order valence-electron chi connectivity index (χ2n) is 7.22. The number of pyridine rings is 1. The number of nitro benzene ring substituents is 1. The predicted molar refractivity (Wildman–Crippen MR) is 123 cm³/mol. The number of aromatic nitrogens is 3. The molecular formula is C23H21N5O5. The molecule has 0 atom stereocenters. The lowest BCUT2D eigenvalue weighted by atomic mass is 10.0. The van der Waals surface area contributed by atoms with Crippen molar-refractivity contribution in [2.75, 3.05) is 19.5 Å². The van der Waals surface area contributed by atoms with Crippen molar-refractivity contribution < 1.29 is 19.2 Å². The number of hydrogen-bond donors (Lipinski definition) is 1. The number of carbonyl (C=O) groups excluding carboxylic acids is 1. The Morgan fingerprint density at radius 3 is 2.45 bits per heavy atom. The first-order valence-corrected chi connectivity index (χ1v) is 10.00.